The SMILES string of the molecule is Cc1cccc(CC(N)c2ccc3c(c2)CCC3)c1. The maximum Gasteiger partial charge on any atom is 0.0335 e. The van der Waals surface area contributed by atoms with Crippen molar-refractivity contribution < 1.29 is 0 Å². The smallest absolute Gasteiger partial charge is 0.0335 e. The van der Waals surface area contributed by atoms with E-state index in [0.29, 0.717) is 0 Å². The third kappa shape index (κ3) is 2.71. The highest BCUT2D eigenvalue weighted by atomic mass is 14.6. The second-order valence-corrected chi connectivity index (χ2v) is 5.68. The van der Waals surface area contributed by atoms with Crippen LogP contribution in [0.5, 0.6) is 0 Å². The molecule has 1 nitrogen and oxygen atoms in total. The maximum absolute atomic E-state index is 6.37. The van der Waals surface area contributed by atoms with Gasteiger partial charge < -0.3 is 5.73 Å². The van der Waals surface area contributed by atoms with Crippen molar-refractivity contribution in [3.63, 3.8) is 0 Å². The zero-order valence-electron chi connectivity index (χ0n) is 11.5. The van der Waals surface area contributed by atoms with Gasteiger partial charge >= 0.3 is 0 Å². The zero-order chi connectivity index (χ0) is 13.2. The van der Waals surface area contributed by atoms with E-state index in [1.807, 2.05) is 0 Å². The molecule has 2 aromatic carbocycles. The Labute approximate surface area is 115 Å². The van der Waals surface area contributed by atoms with Crippen LogP contribution in [0, 0.1) is 6.92 Å². The van der Waals surface area contributed by atoms with Crippen LogP contribution >= 0.6 is 0 Å². The van der Waals surface area contributed by atoms with Crippen LogP contribution in [0.3, 0.4) is 0 Å². The number of nitrogens with two attached hydrogens (primary N) is 1. The van der Waals surface area contributed by atoms with Crippen molar-refractivity contribution in [1.29, 1.82) is 0 Å². The van der Waals surface area contributed by atoms with E-state index in [1.165, 1.54) is 47.1 Å². The van der Waals surface area contributed by atoms with Crippen LogP contribution in [-0.2, 0) is 19.3 Å². The summed E-state index contributed by atoms with van der Waals surface area (Å²) in [6.07, 6.45) is 4.68. The molecule has 1 atom stereocenters. The summed E-state index contributed by atoms with van der Waals surface area (Å²) >= 11 is 0. The lowest BCUT2D eigenvalue weighted by Crippen LogP contribution is -2.13. The van der Waals surface area contributed by atoms with Crippen molar-refractivity contribution >= 4 is 0 Å². The second kappa shape index (κ2) is 5.18. The molecule has 0 aliphatic heterocycles. The molecular weight excluding hydrogens is 230 g/mol. The number of fused-ring (bicyclic) bond motifs is 1. The first-order valence-electron chi connectivity index (χ1n) is 7.15. The minimum Gasteiger partial charge on any atom is -0.324 e. The average Bonchev–Trinajstić information content (AvgIpc) is 2.85. The van der Waals surface area contributed by atoms with Gasteiger partial charge in [0, 0.05) is 6.04 Å². The van der Waals surface area contributed by atoms with Gasteiger partial charge in [0.25, 0.3) is 0 Å². The molecule has 0 amide bonds. The Morgan fingerprint density at radius 1 is 1.05 bits per heavy atom. The Morgan fingerprint density at radius 3 is 2.74 bits per heavy atom. The monoisotopic (exact) mass is 251 g/mol. The highest BCUT2D eigenvalue weighted by Crippen LogP contribution is 2.26. The van der Waals surface area contributed by atoms with E-state index < -0.39 is 0 Å². The summed E-state index contributed by atoms with van der Waals surface area (Å²) in [5.41, 5.74) is 13.3. The third-order valence-corrected chi connectivity index (χ3v) is 4.09. The van der Waals surface area contributed by atoms with E-state index in [2.05, 4.69) is 49.4 Å². The molecule has 0 saturated heterocycles. The first-order chi connectivity index (χ1) is 9.22. The molecule has 0 radical (unpaired) electrons. The molecule has 3 rings (SSSR count). The quantitative estimate of drug-likeness (QED) is 0.884. The van der Waals surface area contributed by atoms with Crippen LogP contribution < -0.4 is 5.73 Å². The zero-order valence-corrected chi connectivity index (χ0v) is 11.5. The summed E-state index contributed by atoms with van der Waals surface area (Å²) in [6.45, 7) is 2.13. The standard InChI is InChI=1S/C18H21N/c1-13-4-2-5-14(10-13)11-18(19)17-9-8-15-6-3-7-16(15)12-17/h2,4-5,8-10,12,18H,3,6-7,11,19H2,1H3. The lowest BCUT2D eigenvalue weighted by molar-refractivity contribution is 0.720. The molecule has 98 valence electrons. The van der Waals surface area contributed by atoms with Crippen molar-refractivity contribution in [3.8, 4) is 0 Å². The molecule has 19 heavy (non-hydrogen) atoms. The first-order valence-corrected chi connectivity index (χ1v) is 7.15. The topological polar surface area (TPSA) is 26.0 Å². The molecule has 2 N–H and O–H groups in total. The van der Waals surface area contributed by atoms with Gasteiger partial charge in [-0.1, -0.05) is 48.0 Å². The van der Waals surface area contributed by atoms with Gasteiger partial charge in [-0.25, -0.2) is 0 Å². The van der Waals surface area contributed by atoms with Gasteiger partial charge in [-0.3, -0.25) is 0 Å². The van der Waals surface area contributed by atoms with Crippen LogP contribution in [0.1, 0.15) is 40.3 Å². The van der Waals surface area contributed by atoms with E-state index in [4.69, 9.17) is 5.73 Å². The molecule has 0 spiro atoms. The Morgan fingerprint density at radius 2 is 1.89 bits per heavy atom. The normalized spacial score (nSPS) is 15.3. The van der Waals surface area contributed by atoms with Crippen molar-refractivity contribution in [3.05, 3.63) is 70.3 Å². The molecule has 0 aromatic heterocycles. The largest absolute Gasteiger partial charge is 0.324 e. The summed E-state index contributed by atoms with van der Waals surface area (Å²) in [4.78, 5) is 0. The number of hydrogen-bond acceptors (Lipinski definition) is 1. The minimum atomic E-state index is 0.104. The molecule has 0 heterocycles. The lowest BCUT2D eigenvalue weighted by atomic mass is 9.96. The molecule has 0 bridgehead atoms. The highest BCUT2D eigenvalue weighted by molar-refractivity contribution is 5.37. The van der Waals surface area contributed by atoms with Crippen LogP contribution in [-0.4, -0.2) is 0 Å². The fourth-order valence-corrected chi connectivity index (χ4v) is 3.03. The van der Waals surface area contributed by atoms with E-state index in [-0.39, 0.29) is 6.04 Å². The summed E-state index contributed by atoms with van der Waals surface area (Å²) in [7, 11) is 0. The lowest BCUT2D eigenvalue weighted by Gasteiger charge is -2.14. The molecule has 2 aromatic rings. The fraction of sp³-hybridized carbons (Fsp3) is 0.333. The Bertz CT molecular complexity index is 586. The summed E-state index contributed by atoms with van der Waals surface area (Å²) < 4.78 is 0. The fourth-order valence-electron chi connectivity index (χ4n) is 3.03. The van der Waals surface area contributed by atoms with E-state index >= 15 is 0 Å². The third-order valence-electron chi connectivity index (χ3n) is 4.09. The Kier molecular flexibility index (Phi) is 3.39. The predicted octanol–water partition coefficient (Wildman–Crippen LogP) is 3.73. The van der Waals surface area contributed by atoms with Gasteiger partial charge in [0.2, 0.25) is 0 Å². The van der Waals surface area contributed by atoms with Crippen molar-refractivity contribution in [2.45, 2.75) is 38.6 Å². The molecule has 1 unspecified atom stereocenters. The van der Waals surface area contributed by atoms with Gasteiger partial charge in [0.1, 0.15) is 0 Å². The number of benzene rings is 2. The summed E-state index contributed by atoms with van der Waals surface area (Å²) in [6, 6.07) is 15.5. The van der Waals surface area contributed by atoms with Crippen molar-refractivity contribution in [2.24, 2.45) is 5.73 Å². The average molecular weight is 251 g/mol. The van der Waals surface area contributed by atoms with Gasteiger partial charge in [-0.2, -0.15) is 0 Å². The minimum absolute atomic E-state index is 0.104. The van der Waals surface area contributed by atoms with Gasteiger partial charge in [-0.05, 0) is 54.9 Å². The molecule has 1 heteroatoms. The number of rotatable bonds is 3. The molecule has 1 aliphatic carbocycles. The van der Waals surface area contributed by atoms with Crippen molar-refractivity contribution in [2.75, 3.05) is 0 Å². The second-order valence-electron chi connectivity index (χ2n) is 5.68. The van der Waals surface area contributed by atoms with E-state index in [0.717, 1.165) is 6.42 Å². The molecule has 0 saturated carbocycles. The summed E-state index contributed by atoms with van der Waals surface area (Å²) in [5, 5.41) is 0. The van der Waals surface area contributed by atoms with Gasteiger partial charge in [-0.15, -0.1) is 0 Å². The van der Waals surface area contributed by atoms with Crippen LogP contribution in [0.4, 0.5) is 0 Å². The Balaban J connectivity index is 1.78. The highest BCUT2D eigenvalue weighted by Gasteiger charge is 2.14. The molecule has 1 aliphatic rings. The van der Waals surface area contributed by atoms with Crippen LogP contribution in [0.15, 0.2) is 42.5 Å². The van der Waals surface area contributed by atoms with Gasteiger partial charge in [0.05, 0.1) is 0 Å². The summed E-state index contributed by atoms with van der Waals surface area (Å²) in [5.74, 6) is 0. The Hall–Kier alpha value is -1.60. The van der Waals surface area contributed by atoms with E-state index in [1.54, 1.807) is 0 Å². The molecular formula is C18H21N. The first kappa shape index (κ1) is 12.4. The number of aryl methyl sites for hydroxylation is 3. The van der Waals surface area contributed by atoms with E-state index in [9.17, 15) is 0 Å². The molecule has 0 fully saturated rings. The number of hydrogen-bond donors (Lipinski definition) is 1. The van der Waals surface area contributed by atoms with Crippen molar-refractivity contribution in [1.82, 2.24) is 0 Å². The van der Waals surface area contributed by atoms with Gasteiger partial charge in [0.15, 0.2) is 0 Å². The van der Waals surface area contributed by atoms with Crippen LogP contribution in [0.25, 0.3) is 0 Å². The maximum atomic E-state index is 6.37. The van der Waals surface area contributed by atoms with Crippen LogP contribution in [0.2, 0.25) is 0 Å². The predicted molar refractivity (Wildman–Crippen MR) is 80.3 cm³/mol.